The molecular formula is C25H29N3O3. The number of carbonyl (C=O) groups excluding carboxylic acids is 1. The van der Waals surface area contributed by atoms with Crippen LogP contribution >= 0.6 is 0 Å². The molecule has 0 fully saturated rings. The highest BCUT2D eigenvalue weighted by atomic mass is 16.5. The number of para-hydroxylation sites is 1. The average molecular weight is 420 g/mol. The lowest BCUT2D eigenvalue weighted by molar-refractivity contribution is 0.0931. The Morgan fingerprint density at radius 3 is 2.00 bits per heavy atom. The van der Waals surface area contributed by atoms with E-state index < -0.39 is 0 Å². The summed E-state index contributed by atoms with van der Waals surface area (Å²) in [5.41, 5.74) is 13.8. The van der Waals surface area contributed by atoms with Crippen molar-refractivity contribution < 1.29 is 14.3 Å². The third-order valence-corrected chi connectivity index (χ3v) is 4.82. The van der Waals surface area contributed by atoms with Gasteiger partial charge in [0.1, 0.15) is 13.2 Å². The van der Waals surface area contributed by atoms with E-state index in [1.165, 1.54) is 0 Å². The first-order chi connectivity index (χ1) is 15.2. The van der Waals surface area contributed by atoms with Gasteiger partial charge < -0.3 is 26.3 Å². The second kappa shape index (κ2) is 11.7. The van der Waals surface area contributed by atoms with Crippen LogP contribution in [0.15, 0.2) is 78.9 Å². The molecule has 0 bridgehead atoms. The molecule has 1 atom stereocenters. The van der Waals surface area contributed by atoms with E-state index in [0.29, 0.717) is 49.8 Å². The highest BCUT2D eigenvalue weighted by molar-refractivity contribution is 5.98. The molecule has 0 aliphatic rings. The number of benzene rings is 3. The van der Waals surface area contributed by atoms with E-state index in [1.54, 1.807) is 18.2 Å². The summed E-state index contributed by atoms with van der Waals surface area (Å²) in [4.78, 5) is 13.0. The summed E-state index contributed by atoms with van der Waals surface area (Å²) in [6.45, 7) is 1.44. The van der Waals surface area contributed by atoms with Crippen LogP contribution in [0.4, 0.5) is 0 Å². The second-order valence-corrected chi connectivity index (χ2v) is 7.16. The molecule has 31 heavy (non-hydrogen) atoms. The SMILES string of the molecule is NCC[C@@H](CN)NC(=O)c1cccc(OCc2ccccc2)c1OCc1ccccc1. The van der Waals surface area contributed by atoms with Crippen LogP contribution in [0, 0.1) is 0 Å². The van der Waals surface area contributed by atoms with Gasteiger partial charge in [-0.2, -0.15) is 0 Å². The Bertz CT molecular complexity index is 949. The van der Waals surface area contributed by atoms with E-state index in [4.69, 9.17) is 20.9 Å². The summed E-state index contributed by atoms with van der Waals surface area (Å²) in [5.74, 6) is 0.649. The Hall–Kier alpha value is -3.35. The summed E-state index contributed by atoms with van der Waals surface area (Å²) in [6, 6.07) is 24.7. The molecular weight excluding hydrogens is 390 g/mol. The van der Waals surface area contributed by atoms with Gasteiger partial charge in [0.2, 0.25) is 0 Å². The summed E-state index contributed by atoms with van der Waals surface area (Å²) < 4.78 is 12.1. The van der Waals surface area contributed by atoms with E-state index in [-0.39, 0.29) is 11.9 Å². The lowest BCUT2D eigenvalue weighted by Crippen LogP contribution is -2.41. The maximum Gasteiger partial charge on any atom is 0.255 e. The van der Waals surface area contributed by atoms with Gasteiger partial charge in [-0.25, -0.2) is 0 Å². The van der Waals surface area contributed by atoms with E-state index in [0.717, 1.165) is 11.1 Å². The van der Waals surface area contributed by atoms with Gasteiger partial charge in [0.25, 0.3) is 5.91 Å². The maximum absolute atomic E-state index is 13.0. The molecule has 0 unspecified atom stereocenters. The van der Waals surface area contributed by atoms with Crippen molar-refractivity contribution in [2.24, 2.45) is 11.5 Å². The zero-order chi connectivity index (χ0) is 21.9. The topological polar surface area (TPSA) is 99.6 Å². The first kappa shape index (κ1) is 22.3. The van der Waals surface area contributed by atoms with Gasteiger partial charge >= 0.3 is 0 Å². The normalized spacial score (nSPS) is 11.5. The fourth-order valence-electron chi connectivity index (χ4n) is 3.14. The molecule has 0 aliphatic carbocycles. The minimum absolute atomic E-state index is 0.201. The number of hydrogen-bond acceptors (Lipinski definition) is 5. The number of rotatable bonds is 11. The summed E-state index contributed by atoms with van der Waals surface area (Å²) in [5, 5.41) is 2.94. The van der Waals surface area contributed by atoms with E-state index in [2.05, 4.69) is 5.32 Å². The number of amides is 1. The zero-order valence-electron chi connectivity index (χ0n) is 17.5. The Morgan fingerprint density at radius 1 is 0.806 bits per heavy atom. The Morgan fingerprint density at radius 2 is 1.42 bits per heavy atom. The van der Waals surface area contributed by atoms with Crippen LogP contribution in [0.3, 0.4) is 0 Å². The van der Waals surface area contributed by atoms with Crippen LogP contribution in [0.5, 0.6) is 11.5 Å². The molecule has 3 aromatic carbocycles. The standard InChI is InChI=1S/C25H29N3O3/c26-15-14-21(16-27)28-25(29)22-12-7-13-23(30-17-19-8-3-1-4-9-19)24(22)31-18-20-10-5-2-6-11-20/h1-13,21H,14-18,26-27H2,(H,28,29)/t21-/m0/s1. The number of nitrogens with one attached hydrogen (secondary N) is 1. The molecule has 0 radical (unpaired) electrons. The van der Waals surface area contributed by atoms with Gasteiger partial charge in [0.15, 0.2) is 11.5 Å². The van der Waals surface area contributed by atoms with Crippen LogP contribution in [-0.4, -0.2) is 25.0 Å². The van der Waals surface area contributed by atoms with Crippen LogP contribution < -0.4 is 26.3 Å². The molecule has 3 rings (SSSR count). The quantitative estimate of drug-likeness (QED) is 0.443. The predicted molar refractivity (Wildman–Crippen MR) is 122 cm³/mol. The zero-order valence-corrected chi connectivity index (χ0v) is 17.5. The Labute approximate surface area is 183 Å². The van der Waals surface area contributed by atoms with Crippen molar-refractivity contribution in [3.8, 4) is 11.5 Å². The largest absolute Gasteiger partial charge is 0.485 e. The number of nitrogens with two attached hydrogens (primary N) is 2. The van der Waals surface area contributed by atoms with Gasteiger partial charge in [-0.05, 0) is 36.2 Å². The molecule has 5 N–H and O–H groups in total. The summed E-state index contributed by atoms with van der Waals surface area (Å²) >= 11 is 0. The highest BCUT2D eigenvalue weighted by Gasteiger charge is 2.20. The summed E-state index contributed by atoms with van der Waals surface area (Å²) in [7, 11) is 0. The molecule has 0 heterocycles. The van der Waals surface area contributed by atoms with Crippen molar-refractivity contribution in [2.75, 3.05) is 13.1 Å². The van der Waals surface area contributed by atoms with E-state index >= 15 is 0 Å². The smallest absolute Gasteiger partial charge is 0.255 e. The van der Waals surface area contributed by atoms with Gasteiger partial charge in [-0.3, -0.25) is 4.79 Å². The van der Waals surface area contributed by atoms with Crippen molar-refractivity contribution in [1.82, 2.24) is 5.32 Å². The van der Waals surface area contributed by atoms with Gasteiger partial charge in [0.05, 0.1) is 5.56 Å². The van der Waals surface area contributed by atoms with Crippen molar-refractivity contribution >= 4 is 5.91 Å². The van der Waals surface area contributed by atoms with Crippen LogP contribution in [0.25, 0.3) is 0 Å². The van der Waals surface area contributed by atoms with Crippen LogP contribution in [0.2, 0.25) is 0 Å². The van der Waals surface area contributed by atoms with Crippen LogP contribution in [0.1, 0.15) is 27.9 Å². The maximum atomic E-state index is 13.0. The van der Waals surface area contributed by atoms with Gasteiger partial charge in [-0.15, -0.1) is 0 Å². The molecule has 6 nitrogen and oxygen atoms in total. The fourth-order valence-corrected chi connectivity index (χ4v) is 3.14. The molecule has 1 amide bonds. The first-order valence-electron chi connectivity index (χ1n) is 10.4. The van der Waals surface area contributed by atoms with Gasteiger partial charge in [-0.1, -0.05) is 66.7 Å². The second-order valence-electron chi connectivity index (χ2n) is 7.16. The average Bonchev–Trinajstić information content (AvgIpc) is 2.82. The number of ether oxygens (including phenoxy) is 2. The minimum Gasteiger partial charge on any atom is -0.485 e. The third kappa shape index (κ3) is 6.57. The molecule has 3 aromatic rings. The monoisotopic (exact) mass is 419 g/mol. The van der Waals surface area contributed by atoms with E-state index in [1.807, 2.05) is 60.7 Å². The minimum atomic E-state index is -0.267. The van der Waals surface area contributed by atoms with Crippen molar-refractivity contribution in [3.05, 3.63) is 95.6 Å². The van der Waals surface area contributed by atoms with Crippen molar-refractivity contribution in [1.29, 1.82) is 0 Å². The lowest BCUT2D eigenvalue weighted by atomic mass is 10.1. The Balaban J connectivity index is 1.84. The molecule has 0 saturated carbocycles. The lowest BCUT2D eigenvalue weighted by Gasteiger charge is -2.19. The number of carbonyl (C=O) groups is 1. The van der Waals surface area contributed by atoms with Crippen molar-refractivity contribution in [2.45, 2.75) is 25.7 Å². The fraction of sp³-hybridized carbons (Fsp3) is 0.240. The molecule has 6 heteroatoms. The third-order valence-electron chi connectivity index (χ3n) is 4.82. The van der Waals surface area contributed by atoms with E-state index in [9.17, 15) is 4.79 Å². The first-order valence-corrected chi connectivity index (χ1v) is 10.4. The summed E-state index contributed by atoms with van der Waals surface area (Å²) in [6.07, 6.45) is 0.604. The molecule has 0 aliphatic heterocycles. The van der Waals surface area contributed by atoms with Crippen LogP contribution in [-0.2, 0) is 13.2 Å². The van der Waals surface area contributed by atoms with Gasteiger partial charge in [0, 0.05) is 12.6 Å². The Kier molecular flexibility index (Phi) is 8.46. The molecule has 0 aromatic heterocycles. The number of hydrogen-bond donors (Lipinski definition) is 3. The predicted octanol–water partition coefficient (Wildman–Crippen LogP) is 3.25. The molecule has 0 saturated heterocycles. The molecule has 0 spiro atoms. The van der Waals surface area contributed by atoms with Crippen molar-refractivity contribution in [3.63, 3.8) is 0 Å². The highest BCUT2D eigenvalue weighted by Crippen LogP contribution is 2.33. The molecule has 162 valence electrons.